The van der Waals surface area contributed by atoms with Gasteiger partial charge in [0.15, 0.2) is 0 Å². The van der Waals surface area contributed by atoms with E-state index in [1.165, 1.54) is 18.3 Å². The maximum atomic E-state index is 1.56. The monoisotopic (exact) mass is 96.1 g/mol. The molecule has 0 saturated heterocycles. The molecule has 0 atom stereocenters. The van der Waals surface area contributed by atoms with Crippen LogP contribution in [0, 0.1) is 11.8 Å². The van der Waals surface area contributed by atoms with Crippen molar-refractivity contribution in [2.45, 2.75) is 32.1 Å². The highest BCUT2D eigenvalue weighted by atomic mass is 14.4. The number of hydrogen-bond acceptors (Lipinski definition) is 0. The summed E-state index contributed by atoms with van der Waals surface area (Å²) in [5, 5.41) is 0. The van der Waals surface area contributed by atoms with Crippen LogP contribution in [-0.2, 0) is 0 Å². The Morgan fingerprint density at radius 1 is 0.714 bits per heavy atom. The van der Waals surface area contributed by atoms with Crippen LogP contribution in [0.2, 0.25) is 0 Å². The summed E-state index contributed by atoms with van der Waals surface area (Å²) in [6, 6.07) is 0. The lowest BCUT2D eigenvalue weighted by atomic mass is 9.82. The van der Waals surface area contributed by atoms with Gasteiger partial charge < -0.3 is 0 Å². The van der Waals surface area contributed by atoms with Gasteiger partial charge in [0.2, 0.25) is 0 Å². The fourth-order valence-electron chi connectivity index (χ4n) is 1.48. The summed E-state index contributed by atoms with van der Waals surface area (Å²) in [6.07, 6.45) is 7.77. The molecule has 0 unspecified atom stereocenters. The van der Waals surface area contributed by atoms with E-state index in [-0.39, 0.29) is 0 Å². The van der Waals surface area contributed by atoms with Crippen molar-refractivity contribution in [1.29, 1.82) is 0 Å². The number of hydrogen-bond donors (Lipinski definition) is 0. The van der Waals surface area contributed by atoms with Crippen molar-refractivity contribution in [3.8, 4) is 0 Å². The predicted molar refractivity (Wildman–Crippen MR) is 30.1 cm³/mol. The molecule has 0 amide bonds. The first-order valence-electron chi connectivity index (χ1n) is 3.47. The van der Waals surface area contributed by atoms with Crippen LogP contribution in [0.3, 0.4) is 0 Å². The second-order valence-electron chi connectivity index (χ2n) is 3.03. The second-order valence-corrected chi connectivity index (χ2v) is 3.03. The summed E-state index contributed by atoms with van der Waals surface area (Å²) in [5.41, 5.74) is 0. The van der Waals surface area contributed by atoms with Crippen molar-refractivity contribution >= 4 is 0 Å². The Labute approximate surface area is 44.9 Å². The minimum Gasteiger partial charge on any atom is -0.0528 e. The van der Waals surface area contributed by atoms with Gasteiger partial charge in [-0.15, -0.1) is 0 Å². The molecule has 0 heterocycles. The molecule has 0 aromatic carbocycles. The average Bonchev–Trinajstić information content (AvgIpc) is 2.10. The molecule has 0 aliphatic heterocycles. The van der Waals surface area contributed by atoms with E-state index < -0.39 is 0 Å². The molecule has 0 aromatic heterocycles. The molecular weight excluding hydrogens is 84.1 g/mol. The molecule has 2 fully saturated rings. The summed E-state index contributed by atoms with van der Waals surface area (Å²) in [6.45, 7) is 0. The van der Waals surface area contributed by atoms with Crippen molar-refractivity contribution in [3.63, 3.8) is 0 Å². The van der Waals surface area contributed by atoms with Crippen LogP contribution in [0.1, 0.15) is 32.1 Å². The first-order valence-corrected chi connectivity index (χ1v) is 3.47. The molecule has 2 aliphatic carbocycles. The van der Waals surface area contributed by atoms with E-state index in [4.69, 9.17) is 0 Å². The maximum absolute atomic E-state index is 1.56. The Morgan fingerprint density at radius 2 is 1.29 bits per heavy atom. The smallest absolute Gasteiger partial charge is 0.0386 e. The predicted octanol–water partition coefficient (Wildman–Crippen LogP) is 2.20. The Morgan fingerprint density at radius 3 is 1.43 bits per heavy atom. The molecule has 2 saturated carbocycles. The highest BCUT2D eigenvalue weighted by Crippen LogP contribution is 2.46. The van der Waals surface area contributed by atoms with Gasteiger partial charge in [-0.3, -0.25) is 0 Å². The van der Waals surface area contributed by atoms with Gasteiger partial charge in [-0.1, -0.05) is 19.3 Å². The van der Waals surface area contributed by atoms with Crippen LogP contribution in [-0.4, -0.2) is 0 Å². The van der Waals surface area contributed by atoms with E-state index in [0.717, 1.165) is 0 Å². The molecule has 0 spiro atoms. The average molecular weight is 96.2 g/mol. The zero-order chi connectivity index (χ0) is 4.69. The van der Waals surface area contributed by atoms with Crippen molar-refractivity contribution < 1.29 is 0 Å². The van der Waals surface area contributed by atoms with Gasteiger partial charge in [0.25, 0.3) is 0 Å². The summed E-state index contributed by atoms with van der Waals surface area (Å²) in [5.74, 6) is 2.40. The summed E-state index contributed by atoms with van der Waals surface area (Å²) in [4.78, 5) is 0. The minimum atomic E-state index is 1.19. The van der Waals surface area contributed by atoms with Crippen LogP contribution >= 0.6 is 0 Å². The van der Waals surface area contributed by atoms with Crippen LogP contribution in [0.4, 0.5) is 0 Å². The first kappa shape index (κ1) is 3.94. The quantitative estimate of drug-likeness (QED) is 0.469. The van der Waals surface area contributed by atoms with Crippen LogP contribution in [0.5, 0.6) is 0 Å². The van der Waals surface area contributed by atoms with E-state index in [2.05, 4.69) is 0 Å². The summed E-state index contributed by atoms with van der Waals surface area (Å²) in [7, 11) is 0. The standard InChI is InChI=1S/C7H12/c1-2-6(3-1)7-4-5-7/h6-7H,1-5H2. The fraction of sp³-hybridized carbons (Fsp3) is 1.00. The molecule has 0 N–H and O–H groups in total. The minimum absolute atomic E-state index is 1.19. The first-order chi connectivity index (χ1) is 3.47. The highest BCUT2D eigenvalue weighted by Gasteiger charge is 2.34. The molecule has 0 radical (unpaired) electrons. The summed E-state index contributed by atoms with van der Waals surface area (Å²) < 4.78 is 0. The molecule has 0 nitrogen and oxygen atoms in total. The lowest BCUT2D eigenvalue weighted by molar-refractivity contribution is 0.278. The van der Waals surface area contributed by atoms with E-state index in [9.17, 15) is 0 Å². The molecule has 7 heavy (non-hydrogen) atoms. The van der Waals surface area contributed by atoms with Crippen LogP contribution < -0.4 is 0 Å². The third-order valence-electron chi connectivity index (χ3n) is 2.44. The molecule has 0 heteroatoms. The fourth-order valence-corrected chi connectivity index (χ4v) is 1.48. The van der Waals surface area contributed by atoms with E-state index >= 15 is 0 Å². The molecule has 2 aliphatic rings. The molecular formula is C7H12. The molecule has 2 rings (SSSR count). The van der Waals surface area contributed by atoms with E-state index in [1.54, 1.807) is 25.7 Å². The van der Waals surface area contributed by atoms with Gasteiger partial charge >= 0.3 is 0 Å². The van der Waals surface area contributed by atoms with Gasteiger partial charge in [0.05, 0.1) is 0 Å². The lowest BCUT2D eigenvalue weighted by Gasteiger charge is -2.24. The van der Waals surface area contributed by atoms with Crippen LogP contribution in [0.15, 0.2) is 0 Å². The third-order valence-corrected chi connectivity index (χ3v) is 2.44. The van der Waals surface area contributed by atoms with Crippen molar-refractivity contribution in [1.82, 2.24) is 0 Å². The van der Waals surface area contributed by atoms with Gasteiger partial charge in [-0.2, -0.15) is 0 Å². The normalized spacial score (nSPS) is 32.6. The third kappa shape index (κ3) is 0.568. The van der Waals surface area contributed by atoms with Gasteiger partial charge in [0.1, 0.15) is 0 Å². The molecule has 40 valence electrons. The van der Waals surface area contributed by atoms with Crippen LogP contribution in [0.25, 0.3) is 0 Å². The zero-order valence-corrected chi connectivity index (χ0v) is 4.69. The van der Waals surface area contributed by atoms with E-state index in [0.29, 0.717) is 0 Å². The SMILES string of the molecule is C1CC(C2CC2)C1. The Balaban J connectivity index is 1.83. The van der Waals surface area contributed by atoms with Crippen molar-refractivity contribution in [2.24, 2.45) is 11.8 Å². The lowest BCUT2D eigenvalue weighted by Crippen LogP contribution is -2.12. The molecule has 0 bridgehead atoms. The van der Waals surface area contributed by atoms with Gasteiger partial charge in [0, 0.05) is 0 Å². The number of rotatable bonds is 1. The van der Waals surface area contributed by atoms with Gasteiger partial charge in [-0.25, -0.2) is 0 Å². The second kappa shape index (κ2) is 1.24. The topological polar surface area (TPSA) is 0 Å². The Kier molecular flexibility index (Phi) is 0.697. The maximum Gasteiger partial charge on any atom is -0.0386 e. The van der Waals surface area contributed by atoms with E-state index in [1.807, 2.05) is 0 Å². The zero-order valence-electron chi connectivity index (χ0n) is 4.69. The van der Waals surface area contributed by atoms with Gasteiger partial charge in [-0.05, 0) is 24.7 Å². The highest BCUT2D eigenvalue weighted by molar-refractivity contribution is 4.85. The Hall–Kier alpha value is 0. The summed E-state index contributed by atoms with van der Waals surface area (Å²) >= 11 is 0. The molecule has 0 aromatic rings. The van der Waals surface area contributed by atoms with Crippen molar-refractivity contribution in [3.05, 3.63) is 0 Å². The van der Waals surface area contributed by atoms with Crippen molar-refractivity contribution in [2.75, 3.05) is 0 Å². The largest absolute Gasteiger partial charge is 0.0528 e. The Bertz CT molecular complexity index is 68.1.